The zero-order valence-electron chi connectivity index (χ0n) is 20.6. The van der Waals surface area contributed by atoms with Crippen LogP contribution in [0.1, 0.15) is 45.1 Å². The third-order valence-corrected chi connectivity index (χ3v) is 7.90. The van der Waals surface area contributed by atoms with E-state index in [4.69, 9.17) is 4.74 Å². The topological polar surface area (TPSA) is 95.9 Å². The van der Waals surface area contributed by atoms with Crippen molar-refractivity contribution in [2.45, 2.75) is 63.7 Å². The lowest BCUT2D eigenvalue weighted by Crippen LogP contribution is -2.56. The number of hydrogen-bond donors (Lipinski definition) is 3. The molecule has 2 heterocycles. The van der Waals surface area contributed by atoms with E-state index in [9.17, 15) is 19.8 Å². The maximum Gasteiger partial charge on any atom is 0.331 e. The van der Waals surface area contributed by atoms with Gasteiger partial charge in [0.1, 0.15) is 0 Å². The summed E-state index contributed by atoms with van der Waals surface area (Å²) in [7, 11) is 0. The molecule has 6 heteroatoms. The van der Waals surface area contributed by atoms with E-state index in [1.807, 2.05) is 49.4 Å². The Balaban J connectivity index is 1.78. The molecule has 35 heavy (non-hydrogen) atoms. The number of benzene rings is 1. The zero-order valence-corrected chi connectivity index (χ0v) is 20.6. The molecule has 0 radical (unpaired) electrons. The predicted molar refractivity (Wildman–Crippen MR) is 134 cm³/mol. The van der Waals surface area contributed by atoms with Crippen molar-refractivity contribution in [2.75, 3.05) is 6.61 Å². The third-order valence-electron chi connectivity index (χ3n) is 7.90. The minimum absolute atomic E-state index is 0.110. The Morgan fingerprint density at radius 3 is 2.63 bits per heavy atom. The highest BCUT2D eigenvalue weighted by Crippen LogP contribution is 2.50. The van der Waals surface area contributed by atoms with Crippen molar-refractivity contribution in [3.8, 4) is 0 Å². The summed E-state index contributed by atoms with van der Waals surface area (Å²) in [6, 6.07) is 9.68. The Kier molecular flexibility index (Phi) is 7.92. The molecule has 1 saturated heterocycles. The van der Waals surface area contributed by atoms with Gasteiger partial charge in [-0.15, -0.1) is 0 Å². The average molecular weight is 480 g/mol. The van der Waals surface area contributed by atoms with Crippen molar-refractivity contribution in [2.24, 2.45) is 23.7 Å². The van der Waals surface area contributed by atoms with E-state index in [0.29, 0.717) is 18.8 Å². The molecular formula is C29H37NO5. The molecule has 2 aliphatic heterocycles. The fraction of sp³-hybridized carbons (Fsp3) is 0.517. The van der Waals surface area contributed by atoms with E-state index >= 15 is 0 Å². The molecule has 1 spiro atoms. The van der Waals surface area contributed by atoms with E-state index in [1.165, 1.54) is 12.2 Å². The summed E-state index contributed by atoms with van der Waals surface area (Å²) in [6.07, 6.45) is 11.8. The Morgan fingerprint density at radius 2 is 1.89 bits per heavy atom. The number of amides is 1. The number of ether oxygens (including phenoxy) is 1. The summed E-state index contributed by atoms with van der Waals surface area (Å²) in [5.74, 6) is -1.54. The number of nitrogens with one attached hydrogen (secondary N) is 1. The lowest BCUT2D eigenvalue weighted by molar-refractivity contribution is -0.172. The summed E-state index contributed by atoms with van der Waals surface area (Å²) in [4.78, 5) is 26.7. The number of carbonyl (C=O) groups is 2. The lowest BCUT2D eigenvalue weighted by Gasteiger charge is -2.44. The highest BCUT2D eigenvalue weighted by atomic mass is 16.6. The summed E-state index contributed by atoms with van der Waals surface area (Å²) in [6.45, 7) is 4.06. The standard InChI is InChI=1S/C29H37NO5/c1-19-8-6-12-23-17-22(18-31)20(2)27-25(16-21-10-4-3-5-11-21)30-28(34)29(23,27)35-26(33)15-14-24(32)13-7-9-19/h3-6,10-12,14-15,17,19-20,23-25,27,31-32H,7-9,13,16,18H2,1-2H3,(H,30,34). The van der Waals surface area contributed by atoms with E-state index in [-0.39, 0.29) is 30.4 Å². The van der Waals surface area contributed by atoms with Gasteiger partial charge in [0.05, 0.1) is 12.7 Å². The van der Waals surface area contributed by atoms with Crippen molar-refractivity contribution in [1.82, 2.24) is 5.32 Å². The Morgan fingerprint density at radius 1 is 1.11 bits per heavy atom. The van der Waals surface area contributed by atoms with Gasteiger partial charge in [-0.05, 0) is 48.3 Å². The second-order valence-electron chi connectivity index (χ2n) is 10.4. The first-order valence-electron chi connectivity index (χ1n) is 12.8. The van der Waals surface area contributed by atoms with E-state index in [2.05, 4.69) is 18.3 Å². The molecule has 0 bridgehead atoms. The molecule has 1 aromatic carbocycles. The molecule has 7 atom stereocenters. The van der Waals surface area contributed by atoms with Crippen LogP contribution < -0.4 is 5.32 Å². The minimum atomic E-state index is -1.42. The van der Waals surface area contributed by atoms with E-state index in [1.54, 1.807) is 0 Å². The van der Waals surface area contributed by atoms with Crippen molar-refractivity contribution < 1.29 is 24.5 Å². The van der Waals surface area contributed by atoms with Crippen LogP contribution in [0.3, 0.4) is 0 Å². The van der Waals surface area contributed by atoms with Crippen molar-refractivity contribution in [3.05, 3.63) is 71.8 Å². The van der Waals surface area contributed by atoms with Gasteiger partial charge in [0.2, 0.25) is 5.60 Å². The van der Waals surface area contributed by atoms with Crippen molar-refractivity contribution in [1.29, 1.82) is 0 Å². The molecule has 3 N–H and O–H groups in total. The summed E-state index contributed by atoms with van der Waals surface area (Å²) >= 11 is 0. The van der Waals surface area contributed by atoms with Crippen molar-refractivity contribution >= 4 is 11.9 Å². The molecule has 188 valence electrons. The first kappa shape index (κ1) is 25.4. The van der Waals surface area contributed by atoms with Crippen molar-refractivity contribution in [3.63, 3.8) is 0 Å². The normalized spacial score (nSPS) is 35.8. The molecule has 0 saturated carbocycles. The smallest absolute Gasteiger partial charge is 0.331 e. The van der Waals surface area contributed by atoms with Crippen LogP contribution in [0.4, 0.5) is 0 Å². The van der Waals surface area contributed by atoms with Gasteiger partial charge in [0, 0.05) is 24.0 Å². The molecular weight excluding hydrogens is 442 g/mol. The second kappa shape index (κ2) is 10.9. The highest BCUT2D eigenvalue weighted by Gasteiger charge is 2.64. The number of allylic oxidation sites excluding steroid dienone is 1. The fourth-order valence-corrected chi connectivity index (χ4v) is 6.01. The lowest BCUT2D eigenvalue weighted by atomic mass is 9.63. The van der Waals surface area contributed by atoms with Gasteiger partial charge >= 0.3 is 5.97 Å². The minimum Gasteiger partial charge on any atom is -0.444 e. The van der Waals surface area contributed by atoms with Crippen LogP contribution >= 0.6 is 0 Å². The molecule has 3 aliphatic rings. The highest BCUT2D eigenvalue weighted by molar-refractivity contribution is 5.94. The number of esters is 1. The van der Waals surface area contributed by atoms with Crippen LogP contribution in [-0.4, -0.2) is 46.4 Å². The summed E-state index contributed by atoms with van der Waals surface area (Å²) in [5, 5.41) is 23.6. The first-order chi connectivity index (χ1) is 16.8. The number of rotatable bonds is 3. The molecule has 1 aliphatic carbocycles. The van der Waals surface area contributed by atoms with Crippen LogP contribution in [0, 0.1) is 23.7 Å². The Bertz CT molecular complexity index is 1000. The van der Waals surface area contributed by atoms with Crippen LogP contribution in [0.25, 0.3) is 0 Å². The summed E-state index contributed by atoms with van der Waals surface area (Å²) in [5.41, 5.74) is 0.512. The summed E-state index contributed by atoms with van der Waals surface area (Å²) < 4.78 is 6.10. The van der Waals surface area contributed by atoms with Gasteiger partial charge in [0.25, 0.3) is 5.91 Å². The zero-order chi connectivity index (χ0) is 25.0. The molecule has 1 fully saturated rings. The predicted octanol–water partition coefficient (Wildman–Crippen LogP) is 3.49. The second-order valence-corrected chi connectivity index (χ2v) is 10.4. The Hall–Kier alpha value is -2.70. The molecule has 4 rings (SSSR count). The number of carbonyl (C=O) groups excluding carboxylic acids is 2. The van der Waals surface area contributed by atoms with Crippen LogP contribution in [-0.2, 0) is 20.7 Å². The number of hydrogen-bond acceptors (Lipinski definition) is 5. The maximum atomic E-state index is 13.7. The van der Waals surface area contributed by atoms with Gasteiger partial charge < -0.3 is 20.3 Å². The fourth-order valence-electron chi connectivity index (χ4n) is 6.01. The third kappa shape index (κ3) is 5.29. The van der Waals surface area contributed by atoms with Gasteiger partial charge in [-0.3, -0.25) is 4.79 Å². The van der Waals surface area contributed by atoms with Gasteiger partial charge in [0.15, 0.2) is 0 Å². The maximum absolute atomic E-state index is 13.7. The SMILES string of the molecule is CC1CC=CC2C=C(CO)C(C)C3C(Cc4ccccc4)NC(=O)C23OC(=O)C=CC(O)CCC1. The number of aliphatic hydroxyl groups is 2. The number of aliphatic hydroxyl groups excluding tert-OH is 2. The molecule has 1 amide bonds. The molecule has 7 unspecified atom stereocenters. The van der Waals surface area contributed by atoms with Gasteiger partial charge in [-0.1, -0.05) is 75.2 Å². The van der Waals surface area contributed by atoms with Gasteiger partial charge in [-0.25, -0.2) is 4.79 Å². The molecule has 1 aromatic rings. The molecule has 0 aromatic heterocycles. The largest absolute Gasteiger partial charge is 0.444 e. The van der Waals surface area contributed by atoms with Crippen LogP contribution in [0.2, 0.25) is 0 Å². The average Bonchev–Trinajstić information content (AvgIpc) is 3.11. The van der Waals surface area contributed by atoms with E-state index in [0.717, 1.165) is 30.4 Å². The van der Waals surface area contributed by atoms with Crippen LogP contribution in [0.5, 0.6) is 0 Å². The van der Waals surface area contributed by atoms with Gasteiger partial charge in [-0.2, -0.15) is 0 Å². The van der Waals surface area contributed by atoms with Crippen LogP contribution in [0.15, 0.2) is 66.3 Å². The first-order valence-corrected chi connectivity index (χ1v) is 12.8. The molecule has 6 nitrogen and oxygen atoms in total. The quantitative estimate of drug-likeness (QED) is 0.456. The Labute approximate surface area is 207 Å². The van der Waals surface area contributed by atoms with E-state index < -0.39 is 23.6 Å². The monoisotopic (exact) mass is 479 g/mol.